The second-order valence-electron chi connectivity index (χ2n) is 5.73. The van der Waals surface area contributed by atoms with Gasteiger partial charge in [-0.1, -0.05) is 0 Å². The first-order valence-electron chi connectivity index (χ1n) is 7.52. The maximum atomic E-state index is 12.1. The minimum atomic E-state index is -3.40. The lowest BCUT2D eigenvalue weighted by molar-refractivity contribution is 0.0465. The molecule has 1 aromatic carbocycles. The molecule has 0 aliphatic heterocycles. The Bertz CT molecular complexity index is 958. The molecule has 0 amide bonds. The van der Waals surface area contributed by atoms with E-state index in [2.05, 4.69) is 4.72 Å². The molecule has 0 saturated heterocycles. The molecule has 0 saturated carbocycles. The molecule has 8 nitrogen and oxygen atoms in total. The monoisotopic (exact) mass is 378 g/mol. The SMILES string of the molecule is CC(=O)c1cc(C(=O)OCC(=O)c2ccc(NS(C)(=O)=O)cc2)n(C)c1. The van der Waals surface area contributed by atoms with Crippen molar-refractivity contribution in [3.05, 3.63) is 53.3 Å². The van der Waals surface area contributed by atoms with Crippen LogP contribution in [0.4, 0.5) is 5.69 Å². The average Bonchev–Trinajstić information content (AvgIpc) is 2.94. The molecular formula is C17H18N2O6S. The number of aromatic nitrogens is 1. The van der Waals surface area contributed by atoms with Crippen molar-refractivity contribution >= 4 is 33.2 Å². The first kappa shape index (κ1) is 19.4. The van der Waals surface area contributed by atoms with Gasteiger partial charge in [0.05, 0.1) is 6.26 Å². The van der Waals surface area contributed by atoms with Gasteiger partial charge in [-0.15, -0.1) is 0 Å². The van der Waals surface area contributed by atoms with Crippen LogP contribution in [0, 0.1) is 0 Å². The lowest BCUT2D eigenvalue weighted by atomic mass is 10.1. The number of ketones is 2. The van der Waals surface area contributed by atoms with Gasteiger partial charge in [0, 0.05) is 30.1 Å². The third-order valence-corrected chi connectivity index (χ3v) is 4.07. The van der Waals surface area contributed by atoms with Gasteiger partial charge in [0.1, 0.15) is 5.69 Å². The zero-order valence-electron chi connectivity index (χ0n) is 14.5. The number of esters is 1. The van der Waals surface area contributed by atoms with Crippen molar-refractivity contribution in [3.63, 3.8) is 0 Å². The van der Waals surface area contributed by atoms with E-state index < -0.39 is 28.4 Å². The number of benzene rings is 1. The molecule has 1 N–H and O–H groups in total. The van der Waals surface area contributed by atoms with Gasteiger partial charge in [-0.05, 0) is 37.3 Å². The Morgan fingerprint density at radius 3 is 2.23 bits per heavy atom. The predicted molar refractivity (Wildman–Crippen MR) is 94.9 cm³/mol. The van der Waals surface area contributed by atoms with E-state index in [0.29, 0.717) is 11.3 Å². The second-order valence-corrected chi connectivity index (χ2v) is 7.48. The van der Waals surface area contributed by atoms with Crippen molar-refractivity contribution in [1.29, 1.82) is 0 Å². The molecule has 9 heteroatoms. The van der Waals surface area contributed by atoms with Crippen molar-refractivity contribution in [2.24, 2.45) is 7.05 Å². The molecule has 0 bridgehead atoms. The Labute approximate surface area is 150 Å². The van der Waals surface area contributed by atoms with Crippen LogP contribution < -0.4 is 4.72 Å². The van der Waals surface area contributed by atoms with E-state index in [4.69, 9.17) is 4.74 Å². The van der Waals surface area contributed by atoms with Gasteiger partial charge >= 0.3 is 5.97 Å². The molecule has 0 aliphatic carbocycles. The highest BCUT2D eigenvalue weighted by Gasteiger charge is 2.17. The van der Waals surface area contributed by atoms with E-state index in [1.54, 1.807) is 7.05 Å². The first-order chi connectivity index (χ1) is 12.1. The van der Waals surface area contributed by atoms with Crippen LogP contribution in [0.2, 0.25) is 0 Å². The Hall–Kier alpha value is -2.94. The predicted octanol–water partition coefficient (Wildman–Crippen LogP) is 1.64. The molecule has 0 aliphatic rings. The highest BCUT2D eigenvalue weighted by atomic mass is 32.2. The maximum absolute atomic E-state index is 12.1. The number of Topliss-reactive ketones (excluding diaryl/α,β-unsaturated/α-hetero) is 2. The molecule has 0 unspecified atom stereocenters. The third-order valence-electron chi connectivity index (χ3n) is 3.47. The summed E-state index contributed by atoms with van der Waals surface area (Å²) in [4.78, 5) is 35.5. The van der Waals surface area contributed by atoms with Crippen molar-refractivity contribution in [2.75, 3.05) is 17.6 Å². The molecule has 1 heterocycles. The first-order valence-corrected chi connectivity index (χ1v) is 9.41. The summed E-state index contributed by atoms with van der Waals surface area (Å²) in [6.45, 7) is 0.911. The number of carbonyl (C=O) groups excluding carboxylic acids is 3. The number of carbonyl (C=O) groups is 3. The topological polar surface area (TPSA) is 112 Å². The largest absolute Gasteiger partial charge is 0.453 e. The number of ether oxygens (including phenoxy) is 1. The molecule has 0 atom stereocenters. The summed E-state index contributed by atoms with van der Waals surface area (Å²) in [6, 6.07) is 7.14. The van der Waals surface area contributed by atoms with Gasteiger partial charge in [0.15, 0.2) is 18.2 Å². The molecule has 2 aromatic rings. The van der Waals surface area contributed by atoms with Gasteiger partial charge in [-0.2, -0.15) is 0 Å². The zero-order valence-corrected chi connectivity index (χ0v) is 15.3. The van der Waals surface area contributed by atoms with Gasteiger partial charge in [-0.3, -0.25) is 14.3 Å². The fourth-order valence-electron chi connectivity index (χ4n) is 2.19. The molecule has 138 valence electrons. The Morgan fingerprint density at radius 2 is 1.73 bits per heavy atom. The molecular weight excluding hydrogens is 360 g/mol. The van der Waals surface area contributed by atoms with Crippen LogP contribution >= 0.6 is 0 Å². The lowest BCUT2D eigenvalue weighted by Gasteiger charge is -2.07. The number of sulfonamides is 1. The number of hydrogen-bond donors (Lipinski definition) is 1. The summed E-state index contributed by atoms with van der Waals surface area (Å²) in [5.74, 6) is -1.34. The summed E-state index contributed by atoms with van der Waals surface area (Å²) < 4.78 is 31.0. The normalized spacial score (nSPS) is 11.0. The van der Waals surface area contributed by atoms with Crippen LogP contribution in [0.15, 0.2) is 36.5 Å². The summed E-state index contributed by atoms with van der Waals surface area (Å²) in [5, 5.41) is 0. The fourth-order valence-corrected chi connectivity index (χ4v) is 2.75. The van der Waals surface area contributed by atoms with Gasteiger partial charge in [0.25, 0.3) is 0 Å². The second kappa shape index (κ2) is 7.52. The van der Waals surface area contributed by atoms with E-state index in [0.717, 1.165) is 6.26 Å². The quantitative estimate of drug-likeness (QED) is 0.579. The van der Waals surface area contributed by atoms with Gasteiger partial charge in [-0.25, -0.2) is 13.2 Å². The number of hydrogen-bond acceptors (Lipinski definition) is 6. The molecule has 0 radical (unpaired) electrons. The zero-order chi connectivity index (χ0) is 19.5. The van der Waals surface area contributed by atoms with Gasteiger partial charge < -0.3 is 9.30 Å². The summed E-state index contributed by atoms with van der Waals surface area (Å²) >= 11 is 0. The minimum absolute atomic E-state index is 0.163. The molecule has 0 fully saturated rings. The van der Waals surface area contributed by atoms with Crippen LogP contribution in [0.5, 0.6) is 0 Å². The Morgan fingerprint density at radius 1 is 1.12 bits per heavy atom. The number of nitrogens with one attached hydrogen (secondary N) is 1. The molecule has 0 spiro atoms. The van der Waals surface area contributed by atoms with Gasteiger partial charge in [0.2, 0.25) is 10.0 Å². The third kappa shape index (κ3) is 5.03. The maximum Gasteiger partial charge on any atom is 0.355 e. The van der Waals surface area contributed by atoms with Crippen LogP contribution in [-0.2, 0) is 21.8 Å². The van der Waals surface area contributed by atoms with Crippen LogP contribution in [0.1, 0.15) is 38.1 Å². The number of anilines is 1. The van der Waals surface area contributed by atoms with Crippen LogP contribution in [0.25, 0.3) is 0 Å². The van der Waals surface area contributed by atoms with Crippen LogP contribution in [-0.4, -0.2) is 43.4 Å². The average molecular weight is 378 g/mol. The fraction of sp³-hybridized carbons (Fsp3) is 0.235. The smallest absolute Gasteiger partial charge is 0.355 e. The van der Waals surface area contributed by atoms with Crippen molar-refractivity contribution in [2.45, 2.75) is 6.92 Å². The highest BCUT2D eigenvalue weighted by Crippen LogP contribution is 2.13. The molecule has 1 aromatic heterocycles. The standard InChI is InChI=1S/C17H18N2O6S/c1-11(20)13-8-15(19(2)9-13)17(22)25-10-16(21)12-4-6-14(7-5-12)18-26(3,23)24/h4-9,18H,10H2,1-3H3. The van der Waals surface area contributed by atoms with Crippen LogP contribution in [0.3, 0.4) is 0 Å². The summed E-state index contributed by atoms with van der Waals surface area (Å²) in [5.41, 5.74) is 1.13. The van der Waals surface area contributed by atoms with E-state index in [1.165, 1.54) is 48.0 Å². The van der Waals surface area contributed by atoms with E-state index in [1.807, 2.05) is 0 Å². The van der Waals surface area contributed by atoms with E-state index >= 15 is 0 Å². The van der Waals surface area contributed by atoms with E-state index in [-0.39, 0.29) is 17.0 Å². The van der Waals surface area contributed by atoms with Crippen molar-refractivity contribution < 1.29 is 27.5 Å². The Balaban J connectivity index is 2.00. The molecule has 2 rings (SSSR count). The molecule has 26 heavy (non-hydrogen) atoms. The van der Waals surface area contributed by atoms with Crippen molar-refractivity contribution in [3.8, 4) is 0 Å². The van der Waals surface area contributed by atoms with Crippen molar-refractivity contribution in [1.82, 2.24) is 4.57 Å². The minimum Gasteiger partial charge on any atom is -0.453 e. The highest BCUT2D eigenvalue weighted by molar-refractivity contribution is 7.92. The summed E-state index contributed by atoms with van der Waals surface area (Å²) in [6.07, 6.45) is 2.53. The lowest BCUT2D eigenvalue weighted by Crippen LogP contribution is -2.16. The number of aryl methyl sites for hydroxylation is 1. The Kier molecular flexibility index (Phi) is 5.61. The summed E-state index contributed by atoms with van der Waals surface area (Å²) in [7, 11) is -1.81. The van der Waals surface area contributed by atoms with E-state index in [9.17, 15) is 22.8 Å². The number of nitrogens with zero attached hydrogens (tertiary/aromatic N) is 1. The number of rotatable bonds is 7.